The summed E-state index contributed by atoms with van der Waals surface area (Å²) in [4.78, 5) is 50.0. The van der Waals surface area contributed by atoms with Gasteiger partial charge in [0.25, 0.3) is 0 Å². The molecule has 4 rings (SSSR count). The summed E-state index contributed by atoms with van der Waals surface area (Å²) in [5.74, 6) is -0.981. The summed E-state index contributed by atoms with van der Waals surface area (Å²) < 4.78 is 38.4. The molecule has 0 unspecified atom stereocenters. The number of hydrogen-bond donors (Lipinski definition) is 2. The van der Waals surface area contributed by atoms with E-state index in [9.17, 15) is 27.6 Å². The van der Waals surface area contributed by atoms with Crippen molar-refractivity contribution in [3.63, 3.8) is 0 Å². The predicted molar refractivity (Wildman–Crippen MR) is 151 cm³/mol. The van der Waals surface area contributed by atoms with Crippen LogP contribution in [-0.4, -0.2) is 71.4 Å². The maximum absolute atomic E-state index is 13.1. The molecule has 0 radical (unpaired) electrons. The van der Waals surface area contributed by atoms with Crippen molar-refractivity contribution >= 4 is 41.2 Å². The number of hydrogen-bond acceptors (Lipinski definition) is 6. The summed E-state index contributed by atoms with van der Waals surface area (Å²) in [5, 5.41) is 5.85. The van der Waals surface area contributed by atoms with E-state index >= 15 is 0 Å². The predicted octanol–water partition coefficient (Wildman–Crippen LogP) is 3.35. The number of carbonyl (C=O) groups is 3. The molecule has 2 N–H and O–H groups in total. The molecule has 3 amide bonds. The van der Waals surface area contributed by atoms with Crippen LogP contribution in [0.2, 0.25) is 5.02 Å². The van der Waals surface area contributed by atoms with Crippen molar-refractivity contribution in [2.75, 3.05) is 37.6 Å². The van der Waals surface area contributed by atoms with Crippen molar-refractivity contribution in [3.05, 3.63) is 94.9 Å². The maximum Gasteiger partial charge on any atom is 0.417 e. The fourth-order valence-corrected chi connectivity index (χ4v) is 4.35. The van der Waals surface area contributed by atoms with Crippen LogP contribution in [-0.2, 0) is 27.0 Å². The minimum Gasteiger partial charge on any atom is -0.353 e. The standard InChI is InChI=1S/C29H28ClF3N6O3/c30-22-8-4-20(5-9-22)6-11-26(40)37-24(17-23-3-1-2-12-34-23)28(42)36-19-27(41)39-15-13-38(14-16-39)25-10-7-21(18-35-25)29(31,32)33/h1-12,18,24H,13-17,19H2,(H,36,42)(H,37,40)/t24-/m0/s1. The molecule has 1 aromatic carbocycles. The fraction of sp³-hybridized carbons (Fsp3) is 0.276. The summed E-state index contributed by atoms with van der Waals surface area (Å²) in [6.45, 7) is 1.07. The Morgan fingerprint density at radius 3 is 2.33 bits per heavy atom. The van der Waals surface area contributed by atoms with E-state index in [1.165, 1.54) is 12.1 Å². The lowest BCUT2D eigenvalue weighted by molar-refractivity contribution is -0.138. The number of carbonyl (C=O) groups excluding carboxylic acids is 3. The average Bonchev–Trinajstić information content (AvgIpc) is 2.99. The first-order valence-electron chi connectivity index (χ1n) is 13.1. The third-order valence-electron chi connectivity index (χ3n) is 6.51. The van der Waals surface area contributed by atoms with Gasteiger partial charge in [-0.05, 0) is 48.0 Å². The van der Waals surface area contributed by atoms with Gasteiger partial charge in [0.2, 0.25) is 17.7 Å². The summed E-state index contributed by atoms with van der Waals surface area (Å²) in [5.41, 5.74) is 0.505. The normalized spacial score (nSPS) is 14.5. The Hall–Kier alpha value is -4.45. The van der Waals surface area contributed by atoms with Crippen LogP contribution in [0.4, 0.5) is 19.0 Å². The number of rotatable bonds is 9. The average molecular weight is 601 g/mol. The highest BCUT2D eigenvalue weighted by molar-refractivity contribution is 6.30. The fourth-order valence-electron chi connectivity index (χ4n) is 4.23. The third kappa shape index (κ3) is 8.77. The van der Waals surface area contributed by atoms with Gasteiger partial charge in [-0.2, -0.15) is 13.2 Å². The number of nitrogens with one attached hydrogen (secondary N) is 2. The molecule has 3 heterocycles. The highest BCUT2D eigenvalue weighted by Crippen LogP contribution is 2.29. The number of pyridine rings is 2. The van der Waals surface area contributed by atoms with Gasteiger partial charge < -0.3 is 20.4 Å². The SMILES string of the molecule is O=C(C=Cc1ccc(Cl)cc1)N[C@@H](Cc1ccccn1)C(=O)NCC(=O)N1CCN(c2ccc(C(F)(F)F)cn2)CC1. The Kier molecular flexibility index (Phi) is 10.1. The van der Waals surface area contributed by atoms with E-state index in [-0.39, 0.29) is 18.9 Å². The van der Waals surface area contributed by atoms with Gasteiger partial charge in [-0.25, -0.2) is 4.98 Å². The summed E-state index contributed by atoms with van der Waals surface area (Å²) in [7, 11) is 0. The van der Waals surface area contributed by atoms with E-state index in [0.29, 0.717) is 42.7 Å². The molecule has 0 saturated carbocycles. The first-order chi connectivity index (χ1) is 20.1. The van der Waals surface area contributed by atoms with E-state index in [4.69, 9.17) is 11.6 Å². The van der Waals surface area contributed by atoms with Crippen LogP contribution < -0.4 is 15.5 Å². The molecule has 0 spiro atoms. The summed E-state index contributed by atoms with van der Waals surface area (Å²) in [6, 6.07) is 13.4. The monoisotopic (exact) mass is 600 g/mol. The smallest absolute Gasteiger partial charge is 0.353 e. The van der Waals surface area contributed by atoms with Crippen LogP contribution >= 0.6 is 11.6 Å². The van der Waals surface area contributed by atoms with Crippen molar-refractivity contribution in [2.45, 2.75) is 18.6 Å². The van der Waals surface area contributed by atoms with Gasteiger partial charge in [0.05, 0.1) is 12.1 Å². The number of amides is 3. The van der Waals surface area contributed by atoms with Crippen molar-refractivity contribution < 1.29 is 27.6 Å². The Labute approximate surface area is 245 Å². The molecule has 3 aromatic rings. The first kappa shape index (κ1) is 30.5. The minimum atomic E-state index is -4.46. The van der Waals surface area contributed by atoms with E-state index in [0.717, 1.165) is 17.8 Å². The molecule has 1 aliphatic heterocycles. The van der Waals surface area contributed by atoms with Crippen molar-refractivity contribution in [3.8, 4) is 0 Å². The lowest BCUT2D eigenvalue weighted by Crippen LogP contribution is -2.53. The molecule has 0 aliphatic carbocycles. The molecule has 220 valence electrons. The van der Waals surface area contributed by atoms with Crippen LogP contribution in [0.3, 0.4) is 0 Å². The second-order valence-corrected chi connectivity index (χ2v) is 9.90. The largest absolute Gasteiger partial charge is 0.417 e. The molecule has 42 heavy (non-hydrogen) atoms. The van der Waals surface area contributed by atoms with Crippen LogP contribution in [0.25, 0.3) is 6.08 Å². The third-order valence-corrected chi connectivity index (χ3v) is 6.77. The molecular formula is C29H28ClF3N6O3. The van der Waals surface area contributed by atoms with Crippen LogP contribution in [0.15, 0.2) is 73.1 Å². The zero-order valence-corrected chi connectivity index (χ0v) is 23.1. The first-order valence-corrected chi connectivity index (χ1v) is 13.4. The number of aromatic nitrogens is 2. The molecule has 9 nitrogen and oxygen atoms in total. The van der Waals surface area contributed by atoms with E-state index in [1.807, 2.05) is 0 Å². The van der Waals surface area contributed by atoms with Crippen molar-refractivity contribution in [1.29, 1.82) is 0 Å². The van der Waals surface area contributed by atoms with Crippen LogP contribution in [0.1, 0.15) is 16.8 Å². The van der Waals surface area contributed by atoms with E-state index in [1.54, 1.807) is 64.5 Å². The topological polar surface area (TPSA) is 108 Å². The Balaban J connectivity index is 1.30. The lowest BCUT2D eigenvalue weighted by Gasteiger charge is -2.35. The second-order valence-electron chi connectivity index (χ2n) is 9.46. The van der Waals surface area contributed by atoms with Crippen LogP contribution in [0.5, 0.6) is 0 Å². The molecule has 1 saturated heterocycles. The summed E-state index contributed by atoms with van der Waals surface area (Å²) >= 11 is 5.89. The van der Waals surface area contributed by atoms with Gasteiger partial charge in [0.15, 0.2) is 0 Å². The summed E-state index contributed by atoms with van der Waals surface area (Å²) in [6.07, 6.45) is 0.906. The number of anilines is 1. The minimum absolute atomic E-state index is 0.111. The molecule has 1 aliphatic rings. The van der Waals surface area contributed by atoms with Gasteiger partial charge in [0.1, 0.15) is 11.9 Å². The van der Waals surface area contributed by atoms with Gasteiger partial charge in [-0.3, -0.25) is 19.4 Å². The van der Waals surface area contributed by atoms with E-state index in [2.05, 4.69) is 20.6 Å². The van der Waals surface area contributed by atoms with Gasteiger partial charge in [0, 0.05) is 61.8 Å². The molecule has 2 aromatic heterocycles. The molecule has 13 heteroatoms. The lowest BCUT2D eigenvalue weighted by atomic mass is 10.1. The van der Waals surface area contributed by atoms with Gasteiger partial charge in [-0.15, -0.1) is 0 Å². The highest BCUT2D eigenvalue weighted by atomic mass is 35.5. The molecule has 1 atom stereocenters. The van der Waals surface area contributed by atoms with Gasteiger partial charge >= 0.3 is 6.18 Å². The van der Waals surface area contributed by atoms with Crippen molar-refractivity contribution in [2.24, 2.45) is 0 Å². The number of halogens is 4. The number of piperazine rings is 1. The Morgan fingerprint density at radius 2 is 1.71 bits per heavy atom. The molecule has 1 fully saturated rings. The van der Waals surface area contributed by atoms with Gasteiger partial charge in [-0.1, -0.05) is 29.8 Å². The highest BCUT2D eigenvalue weighted by Gasteiger charge is 2.31. The Morgan fingerprint density at radius 1 is 0.976 bits per heavy atom. The number of nitrogens with zero attached hydrogens (tertiary/aromatic N) is 4. The van der Waals surface area contributed by atoms with E-state index < -0.39 is 29.6 Å². The quantitative estimate of drug-likeness (QED) is 0.365. The molecular weight excluding hydrogens is 573 g/mol. The number of benzene rings is 1. The van der Waals surface area contributed by atoms with Crippen LogP contribution in [0, 0.1) is 0 Å². The molecule has 0 bridgehead atoms. The zero-order valence-electron chi connectivity index (χ0n) is 22.4. The Bertz CT molecular complexity index is 1390. The maximum atomic E-state index is 13.1. The number of alkyl halides is 3. The zero-order chi connectivity index (χ0) is 30.1. The van der Waals surface area contributed by atoms with Crippen molar-refractivity contribution in [1.82, 2.24) is 25.5 Å². The second kappa shape index (κ2) is 13.9.